The number of amides is 1. The number of benzene rings is 3. The van der Waals surface area contributed by atoms with Crippen LogP contribution in [0.25, 0.3) is 0 Å². The fourth-order valence-electron chi connectivity index (χ4n) is 6.09. The molecule has 3 aromatic rings. The topological polar surface area (TPSA) is 91.9 Å². The maximum Gasteiger partial charge on any atom is 0.263 e. The molecule has 1 amide bonds. The third kappa shape index (κ3) is 5.67. The highest BCUT2D eigenvalue weighted by atomic mass is 16.5. The minimum Gasteiger partial charge on any atom is -0.487 e. The van der Waals surface area contributed by atoms with Gasteiger partial charge in [-0.2, -0.15) is 0 Å². The van der Waals surface area contributed by atoms with Crippen LogP contribution in [0.2, 0.25) is 0 Å². The standard InChI is InChI=1S/C33H39N3O4/c1-2-22-13-14-29-24(17-22)27(19-33(40-29)15-8-16-33)34-20-28(37)26(18-23-9-4-3-5-10-23)36-32(38)31-21-35-25-11-6-7-12-30(25)39-31/h3-7,9-14,17,26-28,31,34-35,37H,2,8,15-16,18-21H2,1H3,(H,36,38)/t26-,27-,28+,31?/m0/s1. The average Bonchev–Trinajstić information content (AvgIpc) is 2.98. The first-order chi connectivity index (χ1) is 19.5. The van der Waals surface area contributed by atoms with E-state index in [4.69, 9.17) is 9.47 Å². The first-order valence-corrected chi connectivity index (χ1v) is 14.6. The van der Waals surface area contributed by atoms with Gasteiger partial charge in [-0.05, 0) is 61.4 Å². The van der Waals surface area contributed by atoms with E-state index < -0.39 is 18.2 Å². The molecule has 1 spiro atoms. The summed E-state index contributed by atoms with van der Waals surface area (Å²) in [6.07, 6.45) is 4.19. The summed E-state index contributed by atoms with van der Waals surface area (Å²) in [5, 5.41) is 21.5. The van der Waals surface area contributed by atoms with Gasteiger partial charge < -0.3 is 30.5 Å². The summed E-state index contributed by atoms with van der Waals surface area (Å²) in [6.45, 7) is 2.88. The van der Waals surface area contributed by atoms with Crippen molar-refractivity contribution < 1.29 is 19.4 Å². The van der Waals surface area contributed by atoms with Crippen LogP contribution in [0.3, 0.4) is 0 Å². The molecule has 1 unspecified atom stereocenters. The summed E-state index contributed by atoms with van der Waals surface area (Å²) in [4.78, 5) is 13.4. The van der Waals surface area contributed by atoms with Crippen molar-refractivity contribution >= 4 is 11.6 Å². The van der Waals surface area contributed by atoms with E-state index in [1.165, 1.54) is 12.0 Å². The van der Waals surface area contributed by atoms with Crippen LogP contribution in [0, 0.1) is 0 Å². The Balaban J connectivity index is 1.16. The molecule has 2 heterocycles. The maximum absolute atomic E-state index is 13.4. The molecular formula is C33H39N3O4. The molecule has 7 nitrogen and oxygen atoms in total. The normalized spacial score (nSPS) is 21.9. The number of rotatable bonds is 9. The Morgan fingerprint density at radius 2 is 1.85 bits per heavy atom. The number of nitrogens with one attached hydrogen (secondary N) is 3. The van der Waals surface area contributed by atoms with Crippen LogP contribution in [-0.4, -0.2) is 48.0 Å². The Kier molecular flexibility index (Phi) is 7.67. The quantitative estimate of drug-likeness (QED) is 0.318. The first kappa shape index (κ1) is 26.7. The van der Waals surface area contributed by atoms with E-state index in [0.717, 1.165) is 48.2 Å². The van der Waals surface area contributed by atoms with E-state index in [-0.39, 0.29) is 17.6 Å². The minimum atomic E-state index is -0.800. The molecule has 1 fully saturated rings. The zero-order chi connectivity index (χ0) is 27.5. The number of fused-ring (bicyclic) bond motifs is 2. The highest BCUT2D eigenvalue weighted by molar-refractivity contribution is 5.83. The van der Waals surface area contributed by atoms with E-state index in [2.05, 4.69) is 41.1 Å². The van der Waals surface area contributed by atoms with E-state index in [1.54, 1.807) is 0 Å². The van der Waals surface area contributed by atoms with Gasteiger partial charge in [0.1, 0.15) is 17.1 Å². The fourth-order valence-corrected chi connectivity index (χ4v) is 6.09. The lowest BCUT2D eigenvalue weighted by atomic mass is 9.72. The largest absolute Gasteiger partial charge is 0.487 e. The second kappa shape index (κ2) is 11.5. The van der Waals surface area contributed by atoms with Gasteiger partial charge >= 0.3 is 0 Å². The zero-order valence-corrected chi connectivity index (χ0v) is 23.1. The highest BCUT2D eigenvalue weighted by Gasteiger charge is 2.45. The number of hydrogen-bond acceptors (Lipinski definition) is 6. The molecule has 1 aliphatic carbocycles. The molecule has 0 saturated heterocycles. The molecular weight excluding hydrogens is 502 g/mol. The van der Waals surface area contributed by atoms with E-state index in [0.29, 0.717) is 25.3 Å². The summed E-state index contributed by atoms with van der Waals surface area (Å²) in [5.41, 5.74) is 4.26. The first-order valence-electron chi connectivity index (χ1n) is 14.6. The smallest absolute Gasteiger partial charge is 0.263 e. The Bertz CT molecular complexity index is 1330. The van der Waals surface area contributed by atoms with E-state index >= 15 is 0 Å². The molecule has 2 aliphatic heterocycles. The molecule has 4 atom stereocenters. The van der Waals surface area contributed by atoms with Gasteiger partial charge in [0, 0.05) is 24.6 Å². The second-order valence-electron chi connectivity index (χ2n) is 11.4. The molecule has 40 heavy (non-hydrogen) atoms. The molecule has 6 rings (SSSR count). The number of para-hydroxylation sites is 2. The molecule has 1 saturated carbocycles. The molecule has 4 N–H and O–H groups in total. The van der Waals surface area contributed by atoms with Crippen molar-refractivity contribution in [2.75, 3.05) is 18.4 Å². The monoisotopic (exact) mass is 541 g/mol. The van der Waals surface area contributed by atoms with Crippen LogP contribution < -0.4 is 25.4 Å². The molecule has 3 aromatic carbocycles. The number of aryl methyl sites for hydroxylation is 1. The van der Waals surface area contributed by atoms with Crippen molar-refractivity contribution in [1.82, 2.24) is 10.6 Å². The van der Waals surface area contributed by atoms with Crippen LogP contribution in [-0.2, 0) is 17.6 Å². The van der Waals surface area contributed by atoms with Crippen molar-refractivity contribution in [2.24, 2.45) is 0 Å². The lowest BCUT2D eigenvalue weighted by Gasteiger charge is -2.48. The Morgan fingerprint density at radius 3 is 2.62 bits per heavy atom. The number of carbonyl (C=O) groups excluding carboxylic acids is 1. The predicted molar refractivity (Wildman–Crippen MR) is 156 cm³/mol. The van der Waals surface area contributed by atoms with Crippen molar-refractivity contribution in [3.05, 3.63) is 89.5 Å². The van der Waals surface area contributed by atoms with Crippen LogP contribution >= 0.6 is 0 Å². The number of ether oxygens (including phenoxy) is 2. The molecule has 0 aromatic heterocycles. The van der Waals surface area contributed by atoms with Crippen LogP contribution in [0.15, 0.2) is 72.8 Å². The minimum absolute atomic E-state index is 0.0839. The predicted octanol–water partition coefficient (Wildman–Crippen LogP) is 4.55. The summed E-state index contributed by atoms with van der Waals surface area (Å²) in [5.74, 6) is 1.37. The van der Waals surface area contributed by atoms with Crippen molar-refractivity contribution in [3.8, 4) is 11.5 Å². The van der Waals surface area contributed by atoms with Gasteiger partial charge in [-0.3, -0.25) is 4.79 Å². The number of carbonyl (C=O) groups is 1. The second-order valence-corrected chi connectivity index (χ2v) is 11.4. The fraction of sp³-hybridized carbons (Fsp3) is 0.424. The van der Waals surface area contributed by atoms with Crippen LogP contribution in [0.4, 0.5) is 5.69 Å². The molecule has 0 radical (unpaired) electrons. The number of aliphatic hydroxyl groups excluding tert-OH is 1. The third-order valence-corrected chi connectivity index (χ3v) is 8.62. The number of hydrogen-bond donors (Lipinski definition) is 4. The Hall–Kier alpha value is -3.55. The van der Waals surface area contributed by atoms with Gasteiger partial charge in [-0.15, -0.1) is 0 Å². The van der Waals surface area contributed by atoms with Crippen LogP contribution in [0.1, 0.15) is 55.3 Å². The van der Waals surface area contributed by atoms with Gasteiger partial charge in [0.05, 0.1) is 24.4 Å². The molecule has 210 valence electrons. The van der Waals surface area contributed by atoms with Crippen molar-refractivity contribution in [3.63, 3.8) is 0 Å². The summed E-state index contributed by atoms with van der Waals surface area (Å²) in [6, 6.07) is 23.7. The summed E-state index contributed by atoms with van der Waals surface area (Å²) >= 11 is 0. The van der Waals surface area contributed by atoms with Crippen molar-refractivity contribution in [2.45, 2.75) is 75.3 Å². The highest BCUT2D eigenvalue weighted by Crippen LogP contribution is 2.49. The Labute approximate surface area is 236 Å². The molecule has 7 heteroatoms. The van der Waals surface area contributed by atoms with Gasteiger partial charge in [-0.25, -0.2) is 0 Å². The lowest BCUT2D eigenvalue weighted by molar-refractivity contribution is -0.129. The van der Waals surface area contributed by atoms with E-state index in [1.807, 2.05) is 54.6 Å². The van der Waals surface area contributed by atoms with Gasteiger partial charge in [-0.1, -0.05) is 61.5 Å². The van der Waals surface area contributed by atoms with Crippen molar-refractivity contribution in [1.29, 1.82) is 0 Å². The lowest BCUT2D eigenvalue weighted by Crippen LogP contribution is -2.55. The molecule has 3 aliphatic rings. The van der Waals surface area contributed by atoms with Gasteiger partial charge in [0.25, 0.3) is 5.91 Å². The third-order valence-electron chi connectivity index (χ3n) is 8.62. The summed E-state index contributed by atoms with van der Waals surface area (Å²) < 4.78 is 12.5. The summed E-state index contributed by atoms with van der Waals surface area (Å²) in [7, 11) is 0. The number of aliphatic hydroxyl groups is 1. The zero-order valence-electron chi connectivity index (χ0n) is 23.1. The van der Waals surface area contributed by atoms with Gasteiger partial charge in [0.2, 0.25) is 0 Å². The van der Waals surface area contributed by atoms with Gasteiger partial charge in [0.15, 0.2) is 6.10 Å². The number of anilines is 1. The SMILES string of the molecule is CCc1ccc2c(c1)[C@@H](NC[C@@H](O)[C@H](Cc1ccccc1)NC(=O)C1CNc3ccccc3O1)CC1(CCC1)O2. The maximum atomic E-state index is 13.4. The Morgan fingerprint density at radius 1 is 1.05 bits per heavy atom. The van der Waals surface area contributed by atoms with Crippen LogP contribution in [0.5, 0.6) is 11.5 Å². The van der Waals surface area contributed by atoms with E-state index in [9.17, 15) is 9.90 Å². The molecule has 0 bridgehead atoms. The average molecular weight is 542 g/mol.